The highest BCUT2D eigenvalue weighted by Gasteiger charge is 2.15. The van der Waals surface area contributed by atoms with E-state index in [1.165, 1.54) is 12.3 Å². The van der Waals surface area contributed by atoms with Crippen LogP contribution in [0.15, 0.2) is 47.4 Å². The average Bonchev–Trinajstić information content (AvgIpc) is 2.50. The molecule has 0 fully saturated rings. The number of likely N-dealkylation sites (N-methyl/N-ethyl adjacent to an activating group) is 1. The van der Waals surface area contributed by atoms with Crippen LogP contribution in [0.1, 0.15) is 24.2 Å². The molecule has 0 amide bonds. The highest BCUT2D eigenvalue weighted by atomic mass is 16.4. The molecule has 0 bridgehead atoms. The highest BCUT2D eigenvalue weighted by Crippen LogP contribution is 2.21. The van der Waals surface area contributed by atoms with Gasteiger partial charge in [-0.3, -0.25) is 14.5 Å². The molecule has 6 nitrogen and oxygen atoms in total. The van der Waals surface area contributed by atoms with Crippen LogP contribution < -0.4 is 5.43 Å². The van der Waals surface area contributed by atoms with E-state index in [2.05, 4.69) is 0 Å². The third-order valence-corrected chi connectivity index (χ3v) is 3.68. The Labute approximate surface area is 134 Å². The number of hydrogen-bond donors (Lipinski definition) is 2. The Hall–Kier alpha value is -2.60. The van der Waals surface area contributed by atoms with E-state index in [9.17, 15) is 14.7 Å². The lowest BCUT2D eigenvalue weighted by atomic mass is 10.1. The van der Waals surface area contributed by atoms with Crippen LogP contribution >= 0.6 is 0 Å². The van der Waals surface area contributed by atoms with E-state index in [1.807, 2.05) is 37.3 Å². The molecule has 1 aromatic heterocycles. The predicted molar refractivity (Wildman–Crippen MR) is 86.6 cm³/mol. The van der Waals surface area contributed by atoms with Gasteiger partial charge in [0.1, 0.15) is 0 Å². The van der Waals surface area contributed by atoms with Crippen LogP contribution in [0.5, 0.6) is 5.75 Å². The number of nitrogens with zero attached hydrogens (tertiary/aromatic N) is 2. The van der Waals surface area contributed by atoms with Crippen LogP contribution in [-0.2, 0) is 11.3 Å². The molecule has 0 radical (unpaired) electrons. The minimum Gasteiger partial charge on any atom is -0.503 e. The van der Waals surface area contributed by atoms with Crippen LogP contribution in [0.25, 0.3) is 0 Å². The minimum atomic E-state index is -0.934. The summed E-state index contributed by atoms with van der Waals surface area (Å²) in [4.78, 5) is 24.2. The summed E-state index contributed by atoms with van der Waals surface area (Å²) in [5.41, 5.74) is 1.20. The summed E-state index contributed by atoms with van der Waals surface area (Å²) >= 11 is 0. The van der Waals surface area contributed by atoms with E-state index in [1.54, 1.807) is 16.5 Å². The van der Waals surface area contributed by atoms with E-state index in [0.717, 1.165) is 5.56 Å². The van der Waals surface area contributed by atoms with E-state index >= 15 is 0 Å². The van der Waals surface area contributed by atoms with E-state index < -0.39 is 11.4 Å². The zero-order valence-electron chi connectivity index (χ0n) is 13.1. The maximum atomic E-state index is 11.8. The smallest absolute Gasteiger partial charge is 0.317 e. The SMILES string of the molecule is CC(c1ccccc1)n1cc(O)c(=O)cc1CN(C)CC(=O)O. The molecule has 0 aliphatic rings. The highest BCUT2D eigenvalue weighted by molar-refractivity contribution is 5.69. The van der Waals surface area contributed by atoms with Gasteiger partial charge in [-0.25, -0.2) is 0 Å². The Balaban J connectivity index is 2.39. The van der Waals surface area contributed by atoms with Gasteiger partial charge in [0.15, 0.2) is 5.75 Å². The third kappa shape index (κ3) is 4.20. The van der Waals surface area contributed by atoms with Crippen molar-refractivity contribution in [3.63, 3.8) is 0 Å². The monoisotopic (exact) mass is 316 g/mol. The summed E-state index contributed by atoms with van der Waals surface area (Å²) in [5.74, 6) is -1.26. The summed E-state index contributed by atoms with van der Waals surface area (Å²) < 4.78 is 1.80. The largest absolute Gasteiger partial charge is 0.503 e. The second kappa shape index (κ2) is 7.11. The molecule has 6 heteroatoms. The van der Waals surface area contributed by atoms with E-state index in [-0.39, 0.29) is 18.3 Å². The second-order valence-corrected chi connectivity index (χ2v) is 5.57. The summed E-state index contributed by atoms with van der Waals surface area (Å²) in [7, 11) is 1.67. The topological polar surface area (TPSA) is 82.8 Å². The lowest BCUT2D eigenvalue weighted by Gasteiger charge is -2.24. The lowest BCUT2D eigenvalue weighted by molar-refractivity contribution is -0.138. The van der Waals surface area contributed by atoms with Gasteiger partial charge in [-0.15, -0.1) is 0 Å². The first kappa shape index (κ1) is 16.8. The van der Waals surface area contributed by atoms with E-state index in [0.29, 0.717) is 12.2 Å². The molecule has 1 unspecified atom stereocenters. The van der Waals surface area contributed by atoms with Gasteiger partial charge in [-0.2, -0.15) is 0 Å². The van der Waals surface area contributed by atoms with Gasteiger partial charge in [0.2, 0.25) is 5.43 Å². The zero-order chi connectivity index (χ0) is 17.0. The molecule has 0 spiro atoms. The normalized spacial score (nSPS) is 12.3. The van der Waals surface area contributed by atoms with Crippen molar-refractivity contribution in [2.45, 2.75) is 19.5 Å². The number of aromatic hydroxyl groups is 1. The number of aromatic nitrogens is 1. The average molecular weight is 316 g/mol. The summed E-state index contributed by atoms with van der Waals surface area (Å²) in [6, 6.07) is 10.9. The second-order valence-electron chi connectivity index (χ2n) is 5.57. The van der Waals surface area contributed by atoms with Gasteiger partial charge >= 0.3 is 5.97 Å². The number of rotatable bonds is 6. The van der Waals surface area contributed by atoms with Gasteiger partial charge in [0.25, 0.3) is 0 Å². The molecule has 0 aliphatic carbocycles. The van der Waals surface area contributed by atoms with Crippen LogP contribution in [0, 0.1) is 0 Å². The van der Waals surface area contributed by atoms with Crippen molar-refractivity contribution in [2.24, 2.45) is 0 Å². The molecular weight excluding hydrogens is 296 g/mol. The van der Waals surface area contributed by atoms with Crippen molar-refractivity contribution in [3.8, 4) is 5.75 Å². The van der Waals surface area contributed by atoms with Gasteiger partial charge in [-0.1, -0.05) is 30.3 Å². The number of pyridine rings is 1. The van der Waals surface area contributed by atoms with Gasteiger partial charge in [-0.05, 0) is 19.5 Å². The molecule has 0 aliphatic heterocycles. The van der Waals surface area contributed by atoms with Crippen LogP contribution in [0.3, 0.4) is 0 Å². The first-order valence-corrected chi connectivity index (χ1v) is 7.27. The van der Waals surface area contributed by atoms with Crippen molar-refractivity contribution >= 4 is 5.97 Å². The standard InChI is InChI=1S/C17H20N2O4/c1-12(13-6-4-3-5-7-13)19-10-16(21)15(20)8-14(19)9-18(2)11-17(22)23/h3-8,10,12,21H,9,11H2,1-2H3,(H,22,23). The van der Waals surface area contributed by atoms with Crippen molar-refractivity contribution in [2.75, 3.05) is 13.6 Å². The number of aliphatic carboxylic acids is 1. The molecule has 1 aromatic carbocycles. The molecule has 0 saturated carbocycles. The van der Waals surface area contributed by atoms with Gasteiger partial charge < -0.3 is 14.8 Å². The number of benzene rings is 1. The van der Waals surface area contributed by atoms with Crippen LogP contribution in [0.2, 0.25) is 0 Å². The first-order valence-electron chi connectivity index (χ1n) is 7.27. The number of carboxylic acids is 1. The Morgan fingerprint density at radius 3 is 2.57 bits per heavy atom. The Morgan fingerprint density at radius 1 is 1.30 bits per heavy atom. The molecule has 2 rings (SSSR count). The maximum absolute atomic E-state index is 11.8. The molecular formula is C17H20N2O4. The fourth-order valence-electron chi connectivity index (χ4n) is 2.52. The Morgan fingerprint density at radius 2 is 1.96 bits per heavy atom. The van der Waals surface area contributed by atoms with Gasteiger partial charge in [0.05, 0.1) is 18.8 Å². The third-order valence-electron chi connectivity index (χ3n) is 3.68. The summed E-state index contributed by atoms with van der Waals surface area (Å²) in [5, 5.41) is 18.6. The van der Waals surface area contributed by atoms with Crippen molar-refractivity contribution in [1.29, 1.82) is 0 Å². The molecule has 0 saturated heterocycles. The number of carbonyl (C=O) groups is 1. The number of hydrogen-bond acceptors (Lipinski definition) is 4. The Bertz CT molecular complexity index is 740. The van der Waals surface area contributed by atoms with Crippen molar-refractivity contribution < 1.29 is 15.0 Å². The van der Waals surface area contributed by atoms with Crippen LogP contribution in [-0.4, -0.2) is 39.2 Å². The van der Waals surface area contributed by atoms with E-state index in [4.69, 9.17) is 5.11 Å². The molecule has 23 heavy (non-hydrogen) atoms. The zero-order valence-corrected chi connectivity index (χ0v) is 13.1. The molecule has 1 atom stereocenters. The minimum absolute atomic E-state index is 0.101. The summed E-state index contributed by atoms with van der Waals surface area (Å²) in [6.45, 7) is 2.12. The van der Waals surface area contributed by atoms with Crippen LogP contribution in [0.4, 0.5) is 0 Å². The quantitative estimate of drug-likeness (QED) is 0.847. The molecule has 122 valence electrons. The first-order chi connectivity index (χ1) is 10.9. The molecule has 2 aromatic rings. The number of carboxylic acid groups (broad SMARTS) is 1. The summed E-state index contributed by atoms with van der Waals surface area (Å²) in [6.07, 6.45) is 1.41. The predicted octanol–water partition coefficient (Wildman–Crippen LogP) is 1.68. The van der Waals surface area contributed by atoms with Gasteiger partial charge in [0, 0.05) is 18.3 Å². The molecule has 1 heterocycles. The fourth-order valence-corrected chi connectivity index (χ4v) is 2.52. The van der Waals surface area contributed by atoms with Crippen molar-refractivity contribution in [3.05, 3.63) is 64.1 Å². The fraction of sp³-hybridized carbons (Fsp3) is 0.294. The Kier molecular flexibility index (Phi) is 5.18. The maximum Gasteiger partial charge on any atom is 0.317 e. The molecule has 2 N–H and O–H groups in total. The lowest BCUT2D eigenvalue weighted by Crippen LogP contribution is -2.28. The van der Waals surface area contributed by atoms with Crippen molar-refractivity contribution in [1.82, 2.24) is 9.47 Å².